The van der Waals surface area contributed by atoms with E-state index in [1.165, 1.54) is 0 Å². The molecule has 0 saturated heterocycles. The minimum absolute atomic E-state index is 0.0450. The number of hydrogen-bond acceptors (Lipinski definition) is 20. The maximum absolute atomic E-state index is 13.2. The Bertz CT molecular complexity index is 3690. The van der Waals surface area contributed by atoms with Gasteiger partial charge in [-0.05, 0) is 169 Å². The average Bonchev–Trinajstić information content (AvgIpc) is 0.774. The zero-order chi connectivity index (χ0) is 68.7. The minimum Gasteiger partial charge on any atom is -0.494 e. The Morgan fingerprint density at radius 1 is 0.330 bits per heavy atom. The zero-order valence-corrected chi connectivity index (χ0v) is 55.6. The van der Waals surface area contributed by atoms with Crippen molar-refractivity contribution < 1.29 is 96.8 Å². The van der Waals surface area contributed by atoms with Crippen LogP contribution in [0, 0.1) is 0 Å². The maximum Gasteiger partial charge on any atom is 0.338 e. The van der Waals surface area contributed by atoms with Crippen LogP contribution in [-0.2, 0) is 25.4 Å². The van der Waals surface area contributed by atoms with Gasteiger partial charge in [0.25, 0.3) is 0 Å². The first-order valence-electron chi connectivity index (χ1n) is 33.3. The fourth-order valence-corrected chi connectivity index (χ4v) is 9.81. The van der Waals surface area contributed by atoms with Gasteiger partial charge in [0.05, 0.1) is 49.7 Å². The first kappa shape index (κ1) is 73.7. The first-order valence-corrected chi connectivity index (χ1v) is 33.3. The maximum atomic E-state index is 13.2. The molecule has 0 spiro atoms. The van der Waals surface area contributed by atoms with Crippen LogP contribution in [0.2, 0.25) is 0 Å². The highest BCUT2D eigenvalue weighted by Gasteiger charge is 2.23. The second-order valence-corrected chi connectivity index (χ2v) is 23.3. The van der Waals surface area contributed by atoms with Gasteiger partial charge in [-0.25, -0.2) is 14.4 Å². The van der Waals surface area contributed by atoms with E-state index >= 15 is 0 Å². The molecule has 0 saturated carbocycles. The molecule has 0 aliphatic heterocycles. The van der Waals surface area contributed by atoms with Crippen molar-refractivity contribution in [2.24, 2.45) is 0 Å². The van der Waals surface area contributed by atoms with E-state index in [9.17, 15) is 39.9 Å². The van der Waals surface area contributed by atoms with E-state index in [0.29, 0.717) is 99.9 Å². The van der Waals surface area contributed by atoms with E-state index in [4.69, 9.17) is 56.8 Å². The number of ether oxygens (including phenoxy) is 12. The monoisotopic (exact) mass is 1330 g/mol. The third-order valence-corrected chi connectivity index (χ3v) is 15.4. The molecule has 20 heteroatoms. The molecule has 5 unspecified atom stereocenters. The van der Waals surface area contributed by atoms with Crippen molar-refractivity contribution >= 4 is 39.5 Å². The lowest BCUT2D eigenvalue weighted by Gasteiger charge is -2.21. The van der Waals surface area contributed by atoms with Crippen molar-refractivity contribution in [1.29, 1.82) is 0 Å². The minimum atomic E-state index is -1.33. The molecule has 5 N–H and O–H groups in total. The van der Waals surface area contributed by atoms with Gasteiger partial charge in [0.1, 0.15) is 117 Å². The van der Waals surface area contributed by atoms with E-state index < -0.39 is 61.8 Å². The number of unbranched alkanes of at least 4 members (excludes halogenated alkanes) is 4. The van der Waals surface area contributed by atoms with E-state index in [1.54, 1.807) is 133 Å². The van der Waals surface area contributed by atoms with Crippen molar-refractivity contribution in [3.05, 3.63) is 191 Å². The van der Waals surface area contributed by atoms with Crippen molar-refractivity contribution in [2.75, 3.05) is 79.3 Å². The molecule has 0 fully saturated rings. The topological polar surface area (TPSA) is 263 Å². The highest BCUT2D eigenvalue weighted by Crippen LogP contribution is 2.39. The molecular formula is C77H90O20. The average molecular weight is 1340 g/mol. The first-order chi connectivity index (χ1) is 47.2. The summed E-state index contributed by atoms with van der Waals surface area (Å²) in [5.74, 6) is 1.90. The molecule has 0 amide bonds. The Morgan fingerprint density at radius 2 is 0.629 bits per heavy atom. The number of benzene rings is 8. The van der Waals surface area contributed by atoms with Gasteiger partial charge in [0.15, 0.2) is 6.29 Å². The number of aliphatic hydroxyl groups excluding tert-OH is 5. The lowest BCUT2D eigenvalue weighted by Crippen LogP contribution is -2.26. The standard InChI is InChI=1S/C77H90O20/c1-5-9-37-86-62-25-15-54(16-26-62)74(82)94-48-58(78)44-90-66-33-13-52-23-35-72(92-46-60(80)50-96-76(84)56-19-29-64(30-20-56)88-39-11-7-3)70(68(52)41-66)43-71-69-42-67(91-45-59(79)49-95-75(83)55-17-27-63(28-18-55)87-38-10-6-2)34-14-53(69)24-36-73(71)93-47-61(81)51-97-77(85)57-21-31-65(32-22-57)89-40-12-8-4/h13-36,41-42,58-61,74,78-82H,5-12,37-40,43-51H2,1-4H3. The van der Waals surface area contributed by atoms with E-state index in [1.807, 2.05) is 24.3 Å². The van der Waals surface area contributed by atoms with Crippen LogP contribution in [0.3, 0.4) is 0 Å². The number of carbonyl (C=O) groups excluding carboxylic acids is 3. The lowest BCUT2D eigenvalue weighted by atomic mass is 9.93. The van der Waals surface area contributed by atoms with Crippen molar-refractivity contribution in [2.45, 2.75) is 116 Å². The fourth-order valence-electron chi connectivity index (χ4n) is 9.81. The summed E-state index contributed by atoms with van der Waals surface area (Å²) in [6.45, 7) is 7.95. The molecule has 518 valence electrons. The number of rotatable bonds is 43. The normalized spacial score (nSPS) is 12.8. The fraction of sp³-hybridized carbons (Fsp3) is 0.390. The van der Waals surface area contributed by atoms with E-state index in [2.05, 4.69) is 27.7 Å². The van der Waals surface area contributed by atoms with Gasteiger partial charge in [-0.1, -0.05) is 89.8 Å². The third-order valence-electron chi connectivity index (χ3n) is 15.4. The summed E-state index contributed by atoms with van der Waals surface area (Å²) < 4.78 is 70.4. The van der Waals surface area contributed by atoms with Gasteiger partial charge in [-0.2, -0.15) is 0 Å². The largest absolute Gasteiger partial charge is 0.494 e. The Hall–Kier alpha value is -9.15. The van der Waals surface area contributed by atoms with Crippen LogP contribution < -0.4 is 37.9 Å². The van der Waals surface area contributed by atoms with Crippen molar-refractivity contribution in [3.8, 4) is 46.0 Å². The summed E-state index contributed by atoms with van der Waals surface area (Å²) in [5, 5.41) is 58.5. The van der Waals surface area contributed by atoms with Gasteiger partial charge in [-0.15, -0.1) is 0 Å². The lowest BCUT2D eigenvalue weighted by molar-refractivity contribution is -0.128. The molecule has 20 nitrogen and oxygen atoms in total. The highest BCUT2D eigenvalue weighted by molar-refractivity contribution is 5.94. The Kier molecular flexibility index (Phi) is 29.7. The molecule has 8 rings (SSSR count). The Balaban J connectivity index is 1.04. The van der Waals surface area contributed by atoms with Gasteiger partial charge in [0.2, 0.25) is 0 Å². The number of hydrogen-bond donors (Lipinski definition) is 5. The third kappa shape index (κ3) is 23.6. The molecular weight excluding hydrogens is 1240 g/mol. The summed E-state index contributed by atoms with van der Waals surface area (Å²) in [7, 11) is 0. The number of aliphatic hydroxyl groups is 5. The Morgan fingerprint density at radius 3 is 0.969 bits per heavy atom. The second kappa shape index (κ2) is 39.2. The van der Waals surface area contributed by atoms with Crippen LogP contribution in [0.5, 0.6) is 46.0 Å². The molecule has 0 radical (unpaired) electrons. The van der Waals surface area contributed by atoms with Gasteiger partial charge >= 0.3 is 17.9 Å². The molecule has 0 aliphatic rings. The summed E-state index contributed by atoms with van der Waals surface area (Å²) in [4.78, 5) is 39.4. The van der Waals surface area contributed by atoms with Crippen LogP contribution in [0.25, 0.3) is 21.5 Å². The summed E-state index contributed by atoms with van der Waals surface area (Å²) in [6.07, 6.45) is 1.26. The summed E-state index contributed by atoms with van der Waals surface area (Å²) in [6, 6.07) is 44.4. The summed E-state index contributed by atoms with van der Waals surface area (Å²) in [5.41, 5.74) is 2.44. The smallest absolute Gasteiger partial charge is 0.338 e. The molecule has 97 heavy (non-hydrogen) atoms. The number of esters is 3. The van der Waals surface area contributed by atoms with Crippen LogP contribution in [-0.4, -0.2) is 147 Å². The van der Waals surface area contributed by atoms with Crippen molar-refractivity contribution in [3.63, 3.8) is 0 Å². The van der Waals surface area contributed by atoms with Crippen LogP contribution >= 0.6 is 0 Å². The van der Waals surface area contributed by atoms with E-state index in [0.717, 1.165) is 62.1 Å². The Labute approximate surface area is 566 Å². The molecule has 0 heterocycles. The van der Waals surface area contributed by atoms with Gasteiger partial charge < -0.3 is 82.4 Å². The quantitative estimate of drug-likeness (QED) is 0.0103. The SMILES string of the molecule is CCCCOc1ccc(C(=O)OCC(O)COc2ccc3ccc(OCC(O)COC(=O)c4ccc(OCCCC)cc4)c(Cc4c(OCC(O)COC(=O)c5ccc(OCCCC)cc5)ccc5ccc(OCC(O)COC(O)c6ccc(OCCCC)cc6)cc45)c3c2)cc1. The van der Waals surface area contributed by atoms with Crippen molar-refractivity contribution in [1.82, 2.24) is 0 Å². The predicted molar refractivity (Wildman–Crippen MR) is 366 cm³/mol. The van der Waals surface area contributed by atoms with Crippen LogP contribution in [0.1, 0.15) is 133 Å². The molecule has 8 aromatic carbocycles. The molecule has 5 atom stereocenters. The van der Waals surface area contributed by atoms with Gasteiger partial charge in [-0.3, -0.25) is 0 Å². The molecule has 8 aromatic rings. The molecule has 0 aromatic heterocycles. The molecule has 0 bridgehead atoms. The zero-order valence-electron chi connectivity index (χ0n) is 55.6. The number of carbonyl (C=O) groups is 3. The van der Waals surface area contributed by atoms with Crippen LogP contribution in [0.4, 0.5) is 0 Å². The van der Waals surface area contributed by atoms with Crippen LogP contribution in [0.15, 0.2) is 158 Å². The molecule has 0 aliphatic carbocycles. The summed E-state index contributed by atoms with van der Waals surface area (Å²) >= 11 is 0. The second-order valence-electron chi connectivity index (χ2n) is 23.3. The van der Waals surface area contributed by atoms with E-state index in [-0.39, 0.29) is 62.8 Å². The number of fused-ring (bicyclic) bond motifs is 2. The predicted octanol–water partition coefficient (Wildman–Crippen LogP) is 12.5. The van der Waals surface area contributed by atoms with Gasteiger partial charge in [0, 0.05) is 23.1 Å². The highest BCUT2D eigenvalue weighted by atomic mass is 16.6.